The van der Waals surface area contributed by atoms with Crippen molar-refractivity contribution in [1.82, 2.24) is 9.97 Å². The molecule has 0 unspecified atom stereocenters. The highest BCUT2D eigenvalue weighted by Gasteiger charge is 2.35. The molecule has 1 fully saturated rings. The quantitative estimate of drug-likeness (QED) is 0.575. The number of aromatic nitrogens is 2. The minimum absolute atomic E-state index is 0.0374. The summed E-state index contributed by atoms with van der Waals surface area (Å²) in [6.07, 6.45) is 3.69. The van der Waals surface area contributed by atoms with E-state index in [1.54, 1.807) is 17.2 Å². The molecule has 0 saturated heterocycles. The Labute approximate surface area is 173 Å². The van der Waals surface area contributed by atoms with Crippen LogP contribution in [0, 0.1) is 0 Å². The first-order chi connectivity index (χ1) is 13.6. The van der Waals surface area contributed by atoms with Gasteiger partial charge in [-0.25, -0.2) is 4.98 Å². The molecule has 3 aromatic rings. The Morgan fingerprint density at radius 1 is 1.14 bits per heavy atom. The molecule has 6 heteroatoms. The zero-order valence-electron chi connectivity index (χ0n) is 15.5. The molecule has 1 saturated carbocycles. The molecular weight excluding hydrogens is 416 g/mol. The topological polar surface area (TPSA) is 58.1 Å². The van der Waals surface area contributed by atoms with Gasteiger partial charge in [0.2, 0.25) is 5.95 Å². The normalized spacial score (nSPS) is 14.4. The predicted octanol–water partition coefficient (Wildman–Crippen LogP) is 5.22. The molecule has 1 N–H and O–H groups in total. The molecule has 1 heterocycles. The summed E-state index contributed by atoms with van der Waals surface area (Å²) in [5.41, 5.74) is 1.80. The van der Waals surface area contributed by atoms with E-state index in [4.69, 9.17) is 0 Å². The number of benzene rings is 2. The Hall–Kier alpha value is -2.73. The molecule has 0 spiro atoms. The number of hydrogen-bond donors (Lipinski definition) is 1. The molecule has 1 atom stereocenters. The van der Waals surface area contributed by atoms with E-state index in [0.717, 1.165) is 22.9 Å². The van der Waals surface area contributed by atoms with Gasteiger partial charge in [-0.05, 0) is 49.6 Å². The number of halogens is 1. The summed E-state index contributed by atoms with van der Waals surface area (Å²) in [7, 11) is 0. The number of anilines is 2. The fourth-order valence-corrected chi connectivity index (χ4v) is 3.52. The lowest BCUT2D eigenvalue weighted by Gasteiger charge is -2.22. The van der Waals surface area contributed by atoms with Crippen molar-refractivity contribution in [3.8, 4) is 0 Å². The molecule has 4 rings (SSSR count). The maximum atomic E-state index is 13.2. The fraction of sp³-hybridized carbons (Fsp3) is 0.227. The van der Waals surface area contributed by atoms with Crippen LogP contribution in [0.1, 0.15) is 41.7 Å². The van der Waals surface area contributed by atoms with Gasteiger partial charge in [-0.2, -0.15) is 4.98 Å². The lowest BCUT2D eigenvalue weighted by molar-refractivity contribution is 0.0984. The highest BCUT2D eigenvalue weighted by Crippen LogP contribution is 2.33. The molecule has 0 radical (unpaired) electrons. The average molecular weight is 437 g/mol. The maximum Gasteiger partial charge on any atom is 0.259 e. The Morgan fingerprint density at radius 2 is 1.93 bits per heavy atom. The van der Waals surface area contributed by atoms with Crippen LogP contribution in [0.25, 0.3) is 0 Å². The number of amides is 1. The van der Waals surface area contributed by atoms with Crippen molar-refractivity contribution in [2.24, 2.45) is 0 Å². The summed E-state index contributed by atoms with van der Waals surface area (Å²) >= 11 is 3.44. The van der Waals surface area contributed by atoms with E-state index in [-0.39, 0.29) is 18.0 Å². The van der Waals surface area contributed by atoms with Gasteiger partial charge >= 0.3 is 0 Å². The van der Waals surface area contributed by atoms with Gasteiger partial charge in [-0.3, -0.25) is 9.69 Å². The molecule has 5 nitrogen and oxygen atoms in total. The Balaban J connectivity index is 1.58. The van der Waals surface area contributed by atoms with Gasteiger partial charge in [0.05, 0.1) is 6.04 Å². The first-order valence-corrected chi connectivity index (χ1v) is 10.1. The fourth-order valence-electron chi connectivity index (χ4n) is 3.12. The van der Waals surface area contributed by atoms with E-state index in [1.807, 2.05) is 42.5 Å². The third-order valence-electron chi connectivity index (χ3n) is 4.74. The van der Waals surface area contributed by atoms with Crippen molar-refractivity contribution in [3.05, 3.63) is 82.5 Å². The first kappa shape index (κ1) is 18.6. The molecular formula is C22H21BrN4O. The Kier molecular flexibility index (Phi) is 5.39. The highest BCUT2D eigenvalue weighted by atomic mass is 79.9. The lowest BCUT2D eigenvalue weighted by atomic mass is 10.1. The summed E-state index contributed by atoms with van der Waals surface area (Å²) in [4.78, 5) is 23.9. The van der Waals surface area contributed by atoms with Gasteiger partial charge in [0.15, 0.2) is 0 Å². The van der Waals surface area contributed by atoms with Gasteiger partial charge in [0.1, 0.15) is 5.82 Å². The number of nitrogens with zero attached hydrogens (tertiary/aromatic N) is 3. The van der Waals surface area contributed by atoms with Crippen molar-refractivity contribution in [3.63, 3.8) is 0 Å². The molecule has 1 aliphatic rings. The monoisotopic (exact) mass is 436 g/mol. The number of hydrogen-bond acceptors (Lipinski definition) is 4. The van der Waals surface area contributed by atoms with Crippen LogP contribution in [0.4, 0.5) is 11.8 Å². The molecule has 1 aromatic heterocycles. The van der Waals surface area contributed by atoms with E-state index < -0.39 is 0 Å². The standard InChI is InChI=1S/C22H21BrN4O/c1-15(16-6-3-2-4-7-16)25-22-24-13-12-20(26-22)27(19-10-11-19)21(28)17-8-5-9-18(23)14-17/h2-9,12-15,19H,10-11H2,1H3,(H,24,25,26)/t15-/m0/s1. The average Bonchev–Trinajstić information content (AvgIpc) is 3.54. The van der Waals surface area contributed by atoms with Crippen LogP contribution in [-0.2, 0) is 0 Å². The minimum Gasteiger partial charge on any atom is -0.348 e. The molecule has 1 aliphatic carbocycles. The lowest BCUT2D eigenvalue weighted by Crippen LogP contribution is -2.34. The second-order valence-electron chi connectivity index (χ2n) is 6.93. The van der Waals surface area contributed by atoms with Crippen LogP contribution >= 0.6 is 15.9 Å². The number of carbonyl (C=O) groups excluding carboxylic acids is 1. The minimum atomic E-state index is -0.0374. The van der Waals surface area contributed by atoms with E-state index in [1.165, 1.54) is 0 Å². The Morgan fingerprint density at radius 3 is 2.64 bits per heavy atom. The van der Waals surface area contributed by atoms with E-state index in [2.05, 4.69) is 50.3 Å². The van der Waals surface area contributed by atoms with E-state index in [9.17, 15) is 4.79 Å². The van der Waals surface area contributed by atoms with Crippen molar-refractivity contribution in [2.45, 2.75) is 31.8 Å². The molecule has 142 valence electrons. The van der Waals surface area contributed by atoms with Gasteiger partial charge in [-0.1, -0.05) is 52.3 Å². The van der Waals surface area contributed by atoms with Crippen LogP contribution in [0.3, 0.4) is 0 Å². The van der Waals surface area contributed by atoms with Gasteiger partial charge in [0.25, 0.3) is 5.91 Å². The second-order valence-corrected chi connectivity index (χ2v) is 7.85. The molecule has 0 aliphatic heterocycles. The number of nitrogens with one attached hydrogen (secondary N) is 1. The third-order valence-corrected chi connectivity index (χ3v) is 5.23. The van der Waals surface area contributed by atoms with Crippen LogP contribution < -0.4 is 10.2 Å². The third kappa shape index (κ3) is 4.22. The smallest absolute Gasteiger partial charge is 0.259 e. The van der Waals surface area contributed by atoms with Crippen molar-refractivity contribution in [2.75, 3.05) is 10.2 Å². The van der Waals surface area contributed by atoms with Gasteiger partial charge in [0, 0.05) is 22.3 Å². The van der Waals surface area contributed by atoms with Crippen molar-refractivity contribution in [1.29, 1.82) is 0 Å². The van der Waals surface area contributed by atoms with Crippen molar-refractivity contribution < 1.29 is 4.79 Å². The predicted molar refractivity (Wildman–Crippen MR) is 114 cm³/mol. The van der Waals surface area contributed by atoms with Crippen LogP contribution in [0.5, 0.6) is 0 Å². The van der Waals surface area contributed by atoms with E-state index >= 15 is 0 Å². The number of carbonyl (C=O) groups is 1. The van der Waals surface area contributed by atoms with Crippen LogP contribution in [0.2, 0.25) is 0 Å². The highest BCUT2D eigenvalue weighted by molar-refractivity contribution is 9.10. The largest absolute Gasteiger partial charge is 0.348 e. The second kappa shape index (κ2) is 8.10. The summed E-state index contributed by atoms with van der Waals surface area (Å²) in [6, 6.07) is 19.7. The van der Waals surface area contributed by atoms with Crippen molar-refractivity contribution >= 4 is 33.6 Å². The summed E-state index contributed by atoms with van der Waals surface area (Å²) in [5.74, 6) is 1.11. The van der Waals surface area contributed by atoms with Crippen LogP contribution in [0.15, 0.2) is 71.3 Å². The Bertz CT molecular complexity index is 975. The maximum absolute atomic E-state index is 13.2. The SMILES string of the molecule is C[C@H](Nc1nccc(N(C(=O)c2cccc(Br)c2)C2CC2)n1)c1ccccc1. The van der Waals surface area contributed by atoms with Gasteiger partial charge in [-0.15, -0.1) is 0 Å². The summed E-state index contributed by atoms with van der Waals surface area (Å²) < 4.78 is 0.885. The first-order valence-electron chi connectivity index (χ1n) is 9.35. The summed E-state index contributed by atoms with van der Waals surface area (Å²) in [5, 5.41) is 3.33. The summed E-state index contributed by atoms with van der Waals surface area (Å²) in [6.45, 7) is 2.07. The molecule has 0 bridgehead atoms. The zero-order chi connectivity index (χ0) is 19.5. The molecule has 28 heavy (non-hydrogen) atoms. The van der Waals surface area contributed by atoms with Gasteiger partial charge < -0.3 is 5.32 Å². The molecule has 2 aromatic carbocycles. The number of rotatable bonds is 6. The molecule has 1 amide bonds. The van der Waals surface area contributed by atoms with Crippen LogP contribution in [-0.4, -0.2) is 21.9 Å². The zero-order valence-corrected chi connectivity index (χ0v) is 17.1. The van der Waals surface area contributed by atoms with E-state index in [0.29, 0.717) is 17.3 Å².